The van der Waals surface area contributed by atoms with Gasteiger partial charge in [0, 0.05) is 18.3 Å². The van der Waals surface area contributed by atoms with Crippen LogP contribution in [0.25, 0.3) is 0 Å². The van der Waals surface area contributed by atoms with Gasteiger partial charge in [-0.2, -0.15) is 8.78 Å². The molecule has 0 amide bonds. The molecule has 0 radical (unpaired) electrons. The van der Waals surface area contributed by atoms with E-state index in [1.54, 1.807) is 0 Å². The van der Waals surface area contributed by atoms with Crippen molar-refractivity contribution in [2.75, 3.05) is 13.1 Å². The molecule has 1 aromatic rings. The van der Waals surface area contributed by atoms with Crippen LogP contribution in [0, 0.1) is 0 Å². The molecule has 1 aliphatic rings. The van der Waals surface area contributed by atoms with Crippen molar-refractivity contribution in [3.63, 3.8) is 0 Å². The Bertz CT molecular complexity index is 504. The zero-order chi connectivity index (χ0) is 13.2. The van der Waals surface area contributed by atoms with Crippen molar-refractivity contribution in [2.24, 2.45) is 0 Å². The standard InChI is InChI=1S/C10H13F2N3O2S.ClH/c11-10(12)18(16,17)8-5-14-9(15-6-8)7-1-3-13-4-2-7;/h5-7,10,13H,1-4H2;1H. The van der Waals surface area contributed by atoms with Crippen molar-refractivity contribution < 1.29 is 17.2 Å². The van der Waals surface area contributed by atoms with Crippen LogP contribution in [0.15, 0.2) is 17.3 Å². The van der Waals surface area contributed by atoms with Crippen molar-refractivity contribution in [2.45, 2.75) is 29.4 Å². The topological polar surface area (TPSA) is 72.0 Å². The number of alkyl halides is 2. The molecular formula is C10H14ClF2N3O2S. The summed E-state index contributed by atoms with van der Waals surface area (Å²) in [6.45, 7) is 1.70. The Morgan fingerprint density at radius 1 is 1.21 bits per heavy atom. The second-order valence-electron chi connectivity index (χ2n) is 4.11. The minimum Gasteiger partial charge on any atom is -0.317 e. The van der Waals surface area contributed by atoms with Crippen LogP contribution in [-0.2, 0) is 9.84 Å². The van der Waals surface area contributed by atoms with Crippen LogP contribution in [0.4, 0.5) is 8.78 Å². The molecule has 2 rings (SSSR count). The first-order chi connectivity index (χ1) is 8.51. The fourth-order valence-electron chi connectivity index (χ4n) is 1.87. The Kier molecular flexibility index (Phi) is 5.57. The SMILES string of the molecule is Cl.O=S(=O)(c1cnc(C2CCNCC2)nc1)C(F)F. The van der Waals surface area contributed by atoms with Crippen molar-refractivity contribution in [3.8, 4) is 0 Å². The molecule has 0 aliphatic carbocycles. The van der Waals surface area contributed by atoms with Crippen LogP contribution in [0.5, 0.6) is 0 Å². The molecule has 1 aliphatic heterocycles. The number of hydrogen-bond acceptors (Lipinski definition) is 5. The van der Waals surface area contributed by atoms with Crippen LogP contribution < -0.4 is 5.32 Å². The third-order valence-corrected chi connectivity index (χ3v) is 4.25. The van der Waals surface area contributed by atoms with Gasteiger partial charge in [0.25, 0.3) is 0 Å². The Morgan fingerprint density at radius 3 is 2.21 bits per heavy atom. The molecule has 0 bridgehead atoms. The average Bonchev–Trinajstić information content (AvgIpc) is 2.40. The molecule has 2 heterocycles. The van der Waals surface area contributed by atoms with E-state index in [0.717, 1.165) is 38.3 Å². The molecule has 0 atom stereocenters. The lowest BCUT2D eigenvalue weighted by Crippen LogP contribution is -2.27. The molecule has 1 saturated heterocycles. The third-order valence-electron chi connectivity index (χ3n) is 2.92. The molecule has 19 heavy (non-hydrogen) atoms. The van der Waals surface area contributed by atoms with Crippen LogP contribution >= 0.6 is 12.4 Å². The maximum atomic E-state index is 12.3. The molecule has 0 spiro atoms. The smallest absolute Gasteiger partial charge is 0.317 e. The average molecular weight is 314 g/mol. The van der Waals surface area contributed by atoms with Gasteiger partial charge < -0.3 is 5.32 Å². The lowest BCUT2D eigenvalue weighted by molar-refractivity contribution is 0.234. The monoisotopic (exact) mass is 313 g/mol. The number of sulfone groups is 1. The summed E-state index contributed by atoms with van der Waals surface area (Å²) in [7, 11) is -4.60. The predicted molar refractivity (Wildman–Crippen MR) is 67.3 cm³/mol. The van der Waals surface area contributed by atoms with E-state index < -0.39 is 20.5 Å². The van der Waals surface area contributed by atoms with Crippen molar-refractivity contribution in [1.29, 1.82) is 0 Å². The van der Waals surface area contributed by atoms with Gasteiger partial charge in [-0.3, -0.25) is 0 Å². The van der Waals surface area contributed by atoms with E-state index in [4.69, 9.17) is 0 Å². The van der Waals surface area contributed by atoms with Crippen LogP contribution in [-0.4, -0.2) is 37.2 Å². The van der Waals surface area contributed by atoms with Gasteiger partial charge in [-0.25, -0.2) is 18.4 Å². The highest BCUT2D eigenvalue weighted by Crippen LogP contribution is 2.23. The molecule has 0 unspecified atom stereocenters. The van der Waals surface area contributed by atoms with Gasteiger partial charge in [-0.05, 0) is 25.9 Å². The highest BCUT2D eigenvalue weighted by Gasteiger charge is 2.28. The molecule has 1 N–H and O–H groups in total. The number of rotatable bonds is 3. The van der Waals surface area contributed by atoms with Gasteiger partial charge in [0.2, 0.25) is 9.84 Å². The first-order valence-corrected chi connectivity index (χ1v) is 7.11. The maximum Gasteiger partial charge on any atom is 0.341 e. The number of aromatic nitrogens is 2. The lowest BCUT2D eigenvalue weighted by atomic mass is 9.97. The summed E-state index contributed by atoms with van der Waals surface area (Å²) in [4.78, 5) is 7.27. The second kappa shape index (κ2) is 6.53. The summed E-state index contributed by atoms with van der Waals surface area (Å²) >= 11 is 0. The van der Waals surface area contributed by atoms with Gasteiger partial charge >= 0.3 is 5.76 Å². The number of hydrogen-bond donors (Lipinski definition) is 1. The number of nitrogens with zero attached hydrogens (tertiary/aromatic N) is 2. The quantitative estimate of drug-likeness (QED) is 0.912. The molecule has 0 saturated carbocycles. The molecule has 9 heteroatoms. The molecular weight excluding hydrogens is 300 g/mol. The highest BCUT2D eigenvalue weighted by molar-refractivity contribution is 7.91. The molecule has 0 aromatic carbocycles. The summed E-state index contributed by atoms with van der Waals surface area (Å²) in [5.74, 6) is -2.76. The third kappa shape index (κ3) is 3.58. The number of nitrogens with one attached hydrogen (secondary N) is 1. The normalized spacial score (nSPS) is 17.2. The molecule has 108 valence electrons. The maximum absolute atomic E-state index is 12.3. The van der Waals surface area contributed by atoms with E-state index in [2.05, 4.69) is 15.3 Å². The van der Waals surface area contributed by atoms with E-state index in [-0.39, 0.29) is 18.3 Å². The minimum absolute atomic E-state index is 0. The molecule has 5 nitrogen and oxygen atoms in total. The van der Waals surface area contributed by atoms with E-state index >= 15 is 0 Å². The van der Waals surface area contributed by atoms with Gasteiger partial charge in [-0.15, -0.1) is 12.4 Å². The summed E-state index contributed by atoms with van der Waals surface area (Å²) in [5.41, 5.74) is 0. The first kappa shape index (κ1) is 16.2. The zero-order valence-electron chi connectivity index (χ0n) is 9.92. The molecule has 1 aromatic heterocycles. The summed E-state index contributed by atoms with van der Waals surface area (Å²) in [5, 5.41) is 3.18. The zero-order valence-corrected chi connectivity index (χ0v) is 11.6. The summed E-state index contributed by atoms with van der Waals surface area (Å²) in [6.07, 6.45) is 3.65. The van der Waals surface area contributed by atoms with Gasteiger partial charge in [0.05, 0.1) is 0 Å². The van der Waals surface area contributed by atoms with Gasteiger partial charge in [0.15, 0.2) is 0 Å². The number of piperidine rings is 1. The summed E-state index contributed by atoms with van der Waals surface area (Å²) < 4.78 is 47.0. The van der Waals surface area contributed by atoms with Crippen LogP contribution in [0.2, 0.25) is 0 Å². The Morgan fingerprint density at radius 2 is 1.74 bits per heavy atom. The predicted octanol–water partition coefficient (Wildman–Crippen LogP) is 1.36. The fraction of sp³-hybridized carbons (Fsp3) is 0.600. The largest absolute Gasteiger partial charge is 0.341 e. The Labute approximate surface area is 116 Å². The van der Waals surface area contributed by atoms with Gasteiger partial charge in [-0.1, -0.05) is 0 Å². The van der Waals surface area contributed by atoms with E-state index in [9.17, 15) is 17.2 Å². The van der Waals surface area contributed by atoms with E-state index in [0.29, 0.717) is 5.82 Å². The highest BCUT2D eigenvalue weighted by atomic mass is 35.5. The molecule has 1 fully saturated rings. The fourth-order valence-corrected chi connectivity index (χ4v) is 2.47. The van der Waals surface area contributed by atoms with E-state index in [1.165, 1.54) is 0 Å². The lowest BCUT2D eigenvalue weighted by Gasteiger charge is -2.21. The second-order valence-corrected chi connectivity index (χ2v) is 6.02. The minimum atomic E-state index is -4.60. The van der Waals surface area contributed by atoms with E-state index in [1.807, 2.05) is 0 Å². The van der Waals surface area contributed by atoms with Crippen LogP contribution in [0.1, 0.15) is 24.6 Å². The van der Waals surface area contributed by atoms with Gasteiger partial charge in [0.1, 0.15) is 10.7 Å². The number of halogens is 3. The summed E-state index contributed by atoms with van der Waals surface area (Å²) in [6, 6.07) is 0. The Balaban J connectivity index is 0.00000180. The first-order valence-electron chi connectivity index (χ1n) is 5.56. The van der Waals surface area contributed by atoms with Crippen molar-refractivity contribution >= 4 is 22.2 Å². The van der Waals surface area contributed by atoms with Crippen molar-refractivity contribution in [3.05, 3.63) is 18.2 Å². The Hall–Kier alpha value is -0.860. The van der Waals surface area contributed by atoms with Crippen LogP contribution in [0.3, 0.4) is 0 Å². The van der Waals surface area contributed by atoms with Crippen molar-refractivity contribution in [1.82, 2.24) is 15.3 Å².